The number of primary amides is 3. The molecule has 0 saturated heterocycles. The van der Waals surface area contributed by atoms with Gasteiger partial charge >= 0.3 is 208 Å². The van der Waals surface area contributed by atoms with E-state index in [2.05, 4.69) is 89.2 Å². The zero-order valence-electron chi connectivity index (χ0n) is 64.3. The summed E-state index contributed by atoms with van der Waals surface area (Å²) in [5.41, 5.74) is 22.2. The normalized spacial score (nSPS) is 13.7. The maximum absolute atomic E-state index is 13.7. The van der Waals surface area contributed by atoms with Crippen LogP contribution in [0.3, 0.4) is 0 Å². The van der Waals surface area contributed by atoms with Gasteiger partial charge in [0.05, 0.1) is 27.5 Å². The number of hydrogen-bond donors (Lipinski definition) is 3. The van der Waals surface area contributed by atoms with Crippen molar-refractivity contribution < 1.29 is 53.9 Å². The first kappa shape index (κ1) is 107. The molecule has 3 aliphatic rings. The maximum atomic E-state index is 13.7. The number of carbonyl (C=O) groups is 3. The van der Waals surface area contributed by atoms with Gasteiger partial charge in [-0.2, -0.15) is 39.5 Å². The van der Waals surface area contributed by atoms with Gasteiger partial charge < -0.3 is 17.2 Å². The van der Waals surface area contributed by atoms with E-state index in [1.807, 2.05) is 121 Å². The van der Waals surface area contributed by atoms with Crippen LogP contribution in [-0.2, 0) is 81.3 Å². The SMILES string of the molecule is C.C.C.C#Cc1ccccc1C1(C(N)=O)CC1.CC(C)c1ccc(Cc2ncc(C(F)(F)F)c(C#Cc3ccccc3C3(C(N)=O)CC3)n2)cc1.CC(C)c1ccc(Cc2ncc(C(F)(F)F)c(CCc3ccccc3C3(C(N)=O)CC3)n2)cc1.CCC(C)c1ccc(Cc2ncc(C(F)(F)F)c(Cl)n2)cc1.[K][K].[K][K].[K][K]. The fraction of sp³-hybridized carbons (Fsp3) is 0.353. The van der Waals surface area contributed by atoms with Crippen molar-refractivity contribution in [1.29, 1.82) is 0 Å². The number of nitrogens with zero attached hydrogens (tertiary/aromatic N) is 6. The first-order valence-corrected chi connectivity index (χ1v) is 85.5. The van der Waals surface area contributed by atoms with Crippen LogP contribution in [-0.4, -0.2) is 237 Å². The van der Waals surface area contributed by atoms with Gasteiger partial charge in [0.15, 0.2) is 0 Å². The summed E-state index contributed by atoms with van der Waals surface area (Å²) in [6, 6.07) is 45.5. The van der Waals surface area contributed by atoms with E-state index in [1.165, 1.54) is 206 Å². The molecule has 0 radical (unpaired) electrons. The zero-order valence-corrected chi connectivity index (χ0v) is 83.8. The van der Waals surface area contributed by atoms with Crippen molar-refractivity contribution in [1.82, 2.24) is 29.9 Å². The van der Waals surface area contributed by atoms with Crippen LogP contribution < -0.4 is 17.2 Å². The summed E-state index contributed by atoms with van der Waals surface area (Å²) in [5.74, 6) is 9.01. The Labute approximate surface area is 801 Å². The second-order valence-electron chi connectivity index (χ2n) is 27.0. The molecule has 3 saturated carbocycles. The summed E-state index contributed by atoms with van der Waals surface area (Å²) < 4.78 is 120. The predicted octanol–water partition coefficient (Wildman–Crippen LogP) is 16.7. The van der Waals surface area contributed by atoms with E-state index in [-0.39, 0.29) is 64.3 Å². The molecule has 12 rings (SSSR count). The first-order valence-electron chi connectivity index (χ1n) is 37.1. The Hall–Kier alpha value is -0.432. The number of rotatable bonds is 19. The van der Waals surface area contributed by atoms with Gasteiger partial charge in [-0.1, -0.05) is 221 Å². The predicted molar refractivity (Wildman–Crippen MR) is 436 cm³/mol. The van der Waals surface area contributed by atoms with E-state index in [4.69, 9.17) is 35.2 Å². The molecule has 570 valence electrons. The molecule has 1 atom stereocenters. The van der Waals surface area contributed by atoms with Gasteiger partial charge in [0.1, 0.15) is 39.4 Å². The number of terminal acetylenes is 1. The van der Waals surface area contributed by atoms with Gasteiger partial charge in [-0.25, -0.2) is 29.9 Å². The molecule has 0 aliphatic heterocycles. The van der Waals surface area contributed by atoms with Gasteiger partial charge in [-0.05, 0) is 149 Å². The van der Waals surface area contributed by atoms with Crippen LogP contribution >= 0.6 is 11.6 Å². The zero-order chi connectivity index (χ0) is 81.5. The molecule has 12 nitrogen and oxygen atoms in total. The van der Waals surface area contributed by atoms with Gasteiger partial charge in [0.2, 0.25) is 17.7 Å². The summed E-state index contributed by atoms with van der Waals surface area (Å²) in [6.45, 7) is 12.7. The number of hydrogen-bond acceptors (Lipinski definition) is 9. The molecule has 3 amide bonds. The molecular formula is C85H91ClF9K6N9O3. The van der Waals surface area contributed by atoms with Crippen LogP contribution in [0.2, 0.25) is 5.15 Å². The van der Waals surface area contributed by atoms with E-state index in [0.717, 1.165) is 76.8 Å². The Balaban J connectivity index is 0.000000393. The van der Waals surface area contributed by atoms with E-state index in [0.29, 0.717) is 79.7 Å². The van der Waals surface area contributed by atoms with E-state index in [9.17, 15) is 53.9 Å². The Morgan fingerprint density at radius 1 is 0.460 bits per heavy atom. The number of nitrogens with two attached hydrogens (primary N) is 3. The minimum absolute atomic E-state index is 0. The third kappa shape index (κ3) is 30.8. The summed E-state index contributed by atoms with van der Waals surface area (Å²) in [4.78, 5) is 59.2. The summed E-state index contributed by atoms with van der Waals surface area (Å²) in [7, 11) is 0. The van der Waals surface area contributed by atoms with Crippen molar-refractivity contribution in [3.05, 3.63) is 282 Å². The topological polar surface area (TPSA) is 207 Å². The molecule has 6 N–H and O–H groups in total. The van der Waals surface area contributed by atoms with Crippen molar-refractivity contribution in [2.45, 2.75) is 193 Å². The van der Waals surface area contributed by atoms with Crippen molar-refractivity contribution in [2.75, 3.05) is 0 Å². The number of benzene rings is 6. The third-order valence-electron chi connectivity index (χ3n) is 19.2. The van der Waals surface area contributed by atoms with Crippen LogP contribution in [0.5, 0.6) is 0 Å². The van der Waals surface area contributed by atoms with Crippen molar-refractivity contribution in [3.8, 4) is 24.2 Å². The molecule has 0 bridgehead atoms. The summed E-state index contributed by atoms with van der Waals surface area (Å²) >= 11 is 13.1. The molecular weight excluding hydrogens is 1640 g/mol. The number of amides is 3. The average Bonchev–Trinajstić information content (AvgIpc) is 1.61. The van der Waals surface area contributed by atoms with Crippen LogP contribution in [0.25, 0.3) is 0 Å². The molecule has 3 heterocycles. The molecule has 3 fully saturated rings. The number of alkyl halides is 9. The van der Waals surface area contributed by atoms with Crippen LogP contribution in [0.15, 0.2) is 164 Å². The molecule has 3 aromatic heterocycles. The molecule has 3 aliphatic carbocycles. The quantitative estimate of drug-likeness (QED) is 0.0304. The second-order valence-corrected chi connectivity index (χ2v) is 27.4. The van der Waals surface area contributed by atoms with Crippen LogP contribution in [0, 0.1) is 24.2 Å². The van der Waals surface area contributed by atoms with Crippen molar-refractivity contribution >= 4 is 219 Å². The standard InChI is InChI=1S/C27H28F3N3O.C27H24F3N3O.C16H16ClF3N2.C12H11NO.3CH4.6K/c2*1-17(2)19-9-7-18(8-10-19)15-24-32-16-22(27(28,29)30)23(33-24)12-11-20-5-3-4-6-21(20)26(13-14-26)25(31)34;1-3-10(2)12-6-4-11(5-7-12)8-14-21-9-13(15(17)22-14)16(18,19)20;1-2-9-5-3-4-6-10(9)12(7-8-12)11(13)14;;;;;;;;;/h3-10,16-17H,11-15H2,1-2H3,(H2,31,34);3-10,16-17H,13-15H2,1-2H3,(H2,31,34);4-7,9-10H,3,8H2,1-2H3;1,3-6H,7-8H2,(H2,13,14);3*1H4;;;;;;. The number of aromatic nitrogens is 6. The van der Waals surface area contributed by atoms with Crippen molar-refractivity contribution in [3.63, 3.8) is 0 Å². The molecule has 1 unspecified atom stereocenters. The Morgan fingerprint density at radius 3 is 1.19 bits per heavy atom. The molecule has 28 heteroatoms. The Morgan fingerprint density at radius 2 is 0.805 bits per heavy atom. The van der Waals surface area contributed by atoms with Gasteiger partial charge in [-0.3, -0.25) is 14.4 Å². The van der Waals surface area contributed by atoms with Crippen molar-refractivity contribution in [2.24, 2.45) is 17.2 Å². The third-order valence-corrected chi connectivity index (χ3v) is 19.5. The van der Waals surface area contributed by atoms with E-state index in [1.54, 1.807) is 24.3 Å². The number of halogens is 10. The molecule has 113 heavy (non-hydrogen) atoms. The Bertz CT molecular complexity index is 4700. The summed E-state index contributed by atoms with van der Waals surface area (Å²) in [6.07, 6.45) is 0.674. The number of carbonyl (C=O) groups excluding carboxylic acids is 3. The Kier molecular flexibility index (Phi) is 47.6. The first-order chi connectivity index (χ1) is 52.2. The fourth-order valence-corrected chi connectivity index (χ4v) is 12.4. The van der Waals surface area contributed by atoms with Gasteiger partial charge in [-0.15, -0.1) is 6.42 Å². The van der Waals surface area contributed by atoms with E-state index >= 15 is 0 Å². The second kappa shape index (κ2) is 50.4. The van der Waals surface area contributed by atoms with Gasteiger partial charge in [0.25, 0.3) is 0 Å². The monoisotopic (exact) mass is 1730 g/mol. The fourth-order valence-electron chi connectivity index (χ4n) is 12.2. The molecule has 6 aromatic carbocycles. The molecule has 0 spiro atoms. The van der Waals surface area contributed by atoms with Crippen LogP contribution in [0.4, 0.5) is 39.5 Å². The minimum atomic E-state index is -4.65. The molecule has 9 aromatic rings. The van der Waals surface area contributed by atoms with Gasteiger partial charge in [0, 0.05) is 49.0 Å². The van der Waals surface area contributed by atoms with Crippen LogP contribution in [0.1, 0.15) is 239 Å². The average molecular weight is 1730 g/mol. The summed E-state index contributed by atoms with van der Waals surface area (Å²) in [5, 5.41) is -0.561. The number of aryl methyl sites for hydroxylation is 2. The van der Waals surface area contributed by atoms with E-state index < -0.39 is 68.2 Å².